The van der Waals surface area contributed by atoms with Crippen molar-refractivity contribution in [2.75, 3.05) is 13.6 Å². The number of aliphatic imine (C=N–C) groups is 1. The lowest BCUT2D eigenvalue weighted by molar-refractivity contribution is -0.124. The summed E-state index contributed by atoms with van der Waals surface area (Å²) in [6, 6.07) is 14.5. The second-order valence-electron chi connectivity index (χ2n) is 9.97. The van der Waals surface area contributed by atoms with Crippen molar-refractivity contribution in [1.82, 2.24) is 20.5 Å². The highest BCUT2D eigenvalue weighted by atomic mass is 19.1. The molecule has 0 spiro atoms. The van der Waals surface area contributed by atoms with Crippen molar-refractivity contribution >= 4 is 23.2 Å². The Labute approximate surface area is 227 Å². The van der Waals surface area contributed by atoms with E-state index in [4.69, 9.17) is 4.99 Å². The van der Waals surface area contributed by atoms with E-state index in [0.29, 0.717) is 23.9 Å². The van der Waals surface area contributed by atoms with Crippen molar-refractivity contribution in [3.05, 3.63) is 108 Å². The fourth-order valence-electron chi connectivity index (χ4n) is 4.79. The van der Waals surface area contributed by atoms with Gasteiger partial charge in [0.05, 0.1) is 0 Å². The van der Waals surface area contributed by atoms with Crippen LogP contribution in [0.1, 0.15) is 41.4 Å². The summed E-state index contributed by atoms with van der Waals surface area (Å²) >= 11 is 0. The Morgan fingerprint density at radius 3 is 2.54 bits per heavy atom. The molecule has 2 aromatic carbocycles. The molecule has 8 heteroatoms. The third-order valence-electron chi connectivity index (χ3n) is 6.79. The van der Waals surface area contributed by atoms with Crippen LogP contribution in [-0.2, 0) is 4.79 Å². The first-order valence-corrected chi connectivity index (χ1v) is 12.9. The number of benzene rings is 2. The van der Waals surface area contributed by atoms with Crippen LogP contribution in [0, 0.1) is 11.7 Å². The normalized spacial score (nSPS) is 17.9. The number of hydrogen-bond donors (Lipinski definition) is 2. The first-order chi connectivity index (χ1) is 18.9. The van der Waals surface area contributed by atoms with E-state index in [2.05, 4.69) is 15.6 Å². The molecule has 2 N–H and O–H groups in total. The average molecular weight is 524 g/mol. The lowest BCUT2D eigenvalue weighted by Gasteiger charge is -2.28. The van der Waals surface area contributed by atoms with Gasteiger partial charge in [-0.25, -0.2) is 4.39 Å². The Kier molecular flexibility index (Phi) is 7.36. The summed E-state index contributed by atoms with van der Waals surface area (Å²) in [6.45, 7) is 4.66. The predicted octanol–water partition coefficient (Wildman–Crippen LogP) is 4.75. The molecule has 1 aromatic heterocycles. The quantitative estimate of drug-likeness (QED) is 0.468. The minimum Gasteiger partial charge on any atom is -0.357 e. The number of allylic oxidation sites excluding steroid dienone is 2. The summed E-state index contributed by atoms with van der Waals surface area (Å²) in [5.41, 5.74) is 4.59. The van der Waals surface area contributed by atoms with Crippen LogP contribution < -0.4 is 10.6 Å². The number of halogens is 1. The molecule has 7 nitrogen and oxygen atoms in total. The van der Waals surface area contributed by atoms with Gasteiger partial charge in [-0.3, -0.25) is 19.6 Å². The van der Waals surface area contributed by atoms with Crippen molar-refractivity contribution in [2.45, 2.75) is 25.9 Å². The third-order valence-corrected chi connectivity index (χ3v) is 6.79. The standard InChI is InChI=1S/C31H30FN5O2/c1-19(2)16-35-30(38)26-15-21(8-12-25(26)22-5-4-14-34-17-22)23-9-13-27-36-28(20-6-10-24(32)11-7-20)29(31(39)33-3)37(27)18-23/h4-15,17-19,28-29H,16H2,1-3H3,(H,33,39)(H,35,38). The summed E-state index contributed by atoms with van der Waals surface area (Å²) in [7, 11) is 1.59. The van der Waals surface area contributed by atoms with Gasteiger partial charge in [-0.2, -0.15) is 0 Å². The number of amidine groups is 1. The number of nitrogens with zero attached hydrogens (tertiary/aromatic N) is 3. The molecule has 0 bridgehead atoms. The van der Waals surface area contributed by atoms with Crippen molar-refractivity contribution < 1.29 is 14.0 Å². The van der Waals surface area contributed by atoms with Crippen LogP contribution in [0.5, 0.6) is 0 Å². The molecule has 2 amide bonds. The van der Waals surface area contributed by atoms with E-state index in [-0.39, 0.29) is 17.6 Å². The van der Waals surface area contributed by atoms with Crippen molar-refractivity contribution in [1.29, 1.82) is 0 Å². The van der Waals surface area contributed by atoms with E-state index < -0.39 is 12.1 Å². The summed E-state index contributed by atoms with van der Waals surface area (Å²) in [5, 5.41) is 5.77. The zero-order valence-electron chi connectivity index (χ0n) is 22.1. The molecule has 198 valence electrons. The van der Waals surface area contributed by atoms with E-state index in [1.807, 2.05) is 67.4 Å². The van der Waals surface area contributed by atoms with Gasteiger partial charge >= 0.3 is 0 Å². The highest BCUT2D eigenvalue weighted by molar-refractivity contribution is 6.06. The van der Waals surface area contributed by atoms with E-state index in [9.17, 15) is 14.0 Å². The number of carbonyl (C=O) groups excluding carboxylic acids is 2. The zero-order valence-corrected chi connectivity index (χ0v) is 22.1. The van der Waals surface area contributed by atoms with Crippen molar-refractivity contribution in [3.8, 4) is 11.1 Å². The molecule has 3 aromatic rings. The number of hydrogen-bond acceptors (Lipinski definition) is 5. The van der Waals surface area contributed by atoms with E-state index in [1.165, 1.54) is 12.1 Å². The predicted molar refractivity (Wildman–Crippen MR) is 150 cm³/mol. The fraction of sp³-hybridized carbons (Fsp3) is 0.226. The number of likely N-dealkylation sites (N-methyl/N-ethyl adjacent to an activating group) is 1. The Bertz CT molecular complexity index is 1480. The number of fused-ring (bicyclic) bond motifs is 1. The van der Waals surface area contributed by atoms with Gasteiger partial charge in [0.15, 0.2) is 0 Å². The van der Waals surface area contributed by atoms with Crippen LogP contribution in [-0.4, -0.2) is 47.2 Å². The zero-order chi connectivity index (χ0) is 27.5. The van der Waals surface area contributed by atoms with Gasteiger partial charge < -0.3 is 15.5 Å². The smallest absolute Gasteiger partial charge is 0.251 e. The van der Waals surface area contributed by atoms with Gasteiger partial charge in [-0.05, 0) is 64.6 Å². The van der Waals surface area contributed by atoms with Crippen molar-refractivity contribution in [3.63, 3.8) is 0 Å². The van der Waals surface area contributed by atoms with Gasteiger partial charge in [0.1, 0.15) is 23.7 Å². The monoisotopic (exact) mass is 523 g/mol. The molecule has 2 aliphatic rings. The third kappa shape index (κ3) is 5.36. The Hall–Kier alpha value is -4.59. The molecular formula is C31H30FN5O2. The molecule has 0 saturated carbocycles. The van der Waals surface area contributed by atoms with Gasteiger partial charge in [-0.1, -0.05) is 44.2 Å². The van der Waals surface area contributed by atoms with Crippen LogP contribution in [0.2, 0.25) is 0 Å². The second-order valence-corrected chi connectivity index (χ2v) is 9.97. The number of nitrogens with one attached hydrogen (secondary N) is 2. The van der Waals surface area contributed by atoms with E-state index in [0.717, 1.165) is 27.8 Å². The summed E-state index contributed by atoms with van der Waals surface area (Å²) < 4.78 is 13.6. The fourth-order valence-corrected chi connectivity index (χ4v) is 4.79. The second kappa shape index (κ2) is 11.0. The largest absolute Gasteiger partial charge is 0.357 e. The van der Waals surface area contributed by atoms with Crippen molar-refractivity contribution in [2.24, 2.45) is 10.9 Å². The minimum absolute atomic E-state index is 0.159. The van der Waals surface area contributed by atoms with Gasteiger partial charge in [-0.15, -0.1) is 0 Å². The van der Waals surface area contributed by atoms with Crippen LogP contribution in [0.4, 0.5) is 4.39 Å². The first-order valence-electron chi connectivity index (χ1n) is 12.9. The highest BCUT2D eigenvalue weighted by Gasteiger charge is 2.41. The number of amides is 2. The van der Waals surface area contributed by atoms with Crippen LogP contribution in [0.25, 0.3) is 16.7 Å². The lowest BCUT2D eigenvalue weighted by Crippen LogP contribution is -2.45. The number of carbonyl (C=O) groups is 2. The molecule has 0 radical (unpaired) electrons. The maximum Gasteiger partial charge on any atom is 0.251 e. The van der Waals surface area contributed by atoms with E-state index in [1.54, 1.807) is 31.6 Å². The SMILES string of the molecule is CNC(=O)C1C(c2ccc(F)cc2)N=C2C=CC(c3ccc(-c4cccnc4)c(C(=O)NCC(C)C)c3)=CN21. The summed E-state index contributed by atoms with van der Waals surface area (Å²) in [6.07, 6.45) is 9.12. The maximum absolute atomic E-state index is 13.6. The molecular weight excluding hydrogens is 493 g/mol. The van der Waals surface area contributed by atoms with Gasteiger partial charge in [0, 0.05) is 43.3 Å². The molecule has 39 heavy (non-hydrogen) atoms. The first kappa shape index (κ1) is 26.0. The van der Waals surface area contributed by atoms with Gasteiger partial charge in [0.2, 0.25) is 5.91 Å². The Balaban J connectivity index is 1.52. The molecule has 3 heterocycles. The minimum atomic E-state index is -0.640. The molecule has 2 unspecified atom stereocenters. The van der Waals surface area contributed by atoms with Crippen LogP contribution >= 0.6 is 0 Å². The molecule has 5 rings (SSSR count). The number of rotatable bonds is 7. The molecule has 2 atom stereocenters. The maximum atomic E-state index is 13.6. The summed E-state index contributed by atoms with van der Waals surface area (Å²) in [4.78, 5) is 37.2. The van der Waals surface area contributed by atoms with Gasteiger partial charge in [0.25, 0.3) is 5.91 Å². The molecule has 0 saturated heterocycles. The molecule has 0 aliphatic carbocycles. The van der Waals surface area contributed by atoms with Crippen LogP contribution in [0.3, 0.4) is 0 Å². The Morgan fingerprint density at radius 1 is 1.05 bits per heavy atom. The lowest BCUT2D eigenvalue weighted by atomic mass is 9.94. The average Bonchev–Trinajstić information content (AvgIpc) is 3.34. The Morgan fingerprint density at radius 2 is 1.85 bits per heavy atom. The van der Waals surface area contributed by atoms with E-state index >= 15 is 0 Å². The summed E-state index contributed by atoms with van der Waals surface area (Å²) in [5.74, 6) is 0.251. The molecule has 0 fully saturated rings. The topological polar surface area (TPSA) is 86.7 Å². The number of pyridine rings is 1. The highest BCUT2D eigenvalue weighted by Crippen LogP contribution is 2.36. The number of aromatic nitrogens is 1. The van der Waals surface area contributed by atoms with Crippen LogP contribution in [0.15, 0.2) is 90.3 Å². The molecule has 2 aliphatic heterocycles.